The van der Waals surface area contributed by atoms with E-state index in [1.165, 1.54) is 0 Å². The highest BCUT2D eigenvalue weighted by Gasteiger charge is 2.03. The van der Waals surface area contributed by atoms with Gasteiger partial charge in [0.15, 0.2) is 0 Å². The van der Waals surface area contributed by atoms with Crippen molar-refractivity contribution in [2.45, 2.75) is 13.2 Å². The molecule has 2 aromatic carbocycles. The first-order valence-corrected chi connectivity index (χ1v) is 6.52. The van der Waals surface area contributed by atoms with Gasteiger partial charge in [0.25, 0.3) is 0 Å². The van der Waals surface area contributed by atoms with E-state index >= 15 is 0 Å². The molecule has 3 heteroatoms. The first-order valence-electron chi connectivity index (χ1n) is 6.52. The Morgan fingerprint density at radius 3 is 2.80 bits per heavy atom. The number of para-hydroxylation sites is 1. The standard InChI is InChI=1S/C17H15NO2/c19-11-15-4-1-2-6-17(15)20-12-13-7-8-16-14(10-13)5-3-9-18-16/h1-10,19H,11-12H2. The third-order valence-electron chi connectivity index (χ3n) is 3.20. The molecule has 0 spiro atoms. The summed E-state index contributed by atoms with van der Waals surface area (Å²) in [7, 11) is 0. The van der Waals surface area contributed by atoms with Crippen molar-refractivity contribution in [1.82, 2.24) is 4.98 Å². The van der Waals surface area contributed by atoms with Crippen LogP contribution in [0.5, 0.6) is 5.75 Å². The van der Waals surface area contributed by atoms with E-state index in [1.807, 2.05) is 48.5 Å². The van der Waals surface area contributed by atoms with Crippen LogP contribution in [0.25, 0.3) is 10.9 Å². The van der Waals surface area contributed by atoms with E-state index in [0.29, 0.717) is 6.61 Å². The van der Waals surface area contributed by atoms with Crippen molar-refractivity contribution in [2.75, 3.05) is 0 Å². The molecule has 0 fully saturated rings. The smallest absolute Gasteiger partial charge is 0.125 e. The number of nitrogens with zero attached hydrogens (tertiary/aromatic N) is 1. The van der Waals surface area contributed by atoms with Gasteiger partial charge in [-0.25, -0.2) is 0 Å². The van der Waals surface area contributed by atoms with Gasteiger partial charge in [0, 0.05) is 17.1 Å². The molecule has 0 amide bonds. The number of rotatable bonds is 4. The van der Waals surface area contributed by atoms with Crippen LogP contribution in [-0.2, 0) is 13.2 Å². The Labute approximate surface area is 117 Å². The van der Waals surface area contributed by atoms with Gasteiger partial charge in [-0.2, -0.15) is 0 Å². The third kappa shape index (κ3) is 2.63. The summed E-state index contributed by atoms with van der Waals surface area (Å²) in [6.07, 6.45) is 1.79. The number of aromatic nitrogens is 1. The summed E-state index contributed by atoms with van der Waals surface area (Å²) in [5.41, 5.74) is 2.86. The lowest BCUT2D eigenvalue weighted by atomic mass is 10.1. The van der Waals surface area contributed by atoms with Crippen molar-refractivity contribution in [1.29, 1.82) is 0 Å². The molecule has 20 heavy (non-hydrogen) atoms. The van der Waals surface area contributed by atoms with Crippen LogP contribution >= 0.6 is 0 Å². The van der Waals surface area contributed by atoms with Gasteiger partial charge in [-0.3, -0.25) is 4.98 Å². The van der Waals surface area contributed by atoms with E-state index in [9.17, 15) is 5.11 Å². The molecule has 0 saturated carbocycles. The van der Waals surface area contributed by atoms with Crippen LogP contribution in [0.4, 0.5) is 0 Å². The van der Waals surface area contributed by atoms with Crippen LogP contribution in [-0.4, -0.2) is 10.1 Å². The number of ether oxygens (including phenoxy) is 1. The molecule has 0 aliphatic rings. The van der Waals surface area contributed by atoms with Crippen molar-refractivity contribution in [2.24, 2.45) is 0 Å². The lowest BCUT2D eigenvalue weighted by Crippen LogP contribution is -1.98. The highest BCUT2D eigenvalue weighted by atomic mass is 16.5. The number of aliphatic hydroxyl groups is 1. The van der Waals surface area contributed by atoms with Gasteiger partial charge in [0.2, 0.25) is 0 Å². The van der Waals surface area contributed by atoms with Crippen molar-refractivity contribution in [3.8, 4) is 5.75 Å². The Balaban J connectivity index is 1.79. The van der Waals surface area contributed by atoms with E-state index in [1.54, 1.807) is 6.20 Å². The van der Waals surface area contributed by atoms with E-state index in [-0.39, 0.29) is 6.61 Å². The molecule has 3 rings (SSSR count). The zero-order valence-corrected chi connectivity index (χ0v) is 11.0. The second kappa shape index (κ2) is 5.72. The maximum Gasteiger partial charge on any atom is 0.125 e. The molecule has 0 aliphatic carbocycles. The highest BCUT2D eigenvalue weighted by molar-refractivity contribution is 5.78. The van der Waals surface area contributed by atoms with Crippen molar-refractivity contribution in [3.05, 3.63) is 71.9 Å². The Kier molecular flexibility index (Phi) is 3.61. The third-order valence-corrected chi connectivity index (χ3v) is 3.20. The van der Waals surface area contributed by atoms with Crippen molar-refractivity contribution >= 4 is 10.9 Å². The van der Waals surface area contributed by atoms with Gasteiger partial charge in [0.1, 0.15) is 12.4 Å². The quantitative estimate of drug-likeness (QED) is 0.787. The Morgan fingerprint density at radius 1 is 1.00 bits per heavy atom. The van der Waals surface area contributed by atoms with E-state index in [0.717, 1.165) is 27.8 Å². The first-order chi connectivity index (χ1) is 9.86. The summed E-state index contributed by atoms with van der Waals surface area (Å²) in [6.45, 7) is 0.458. The summed E-state index contributed by atoms with van der Waals surface area (Å²) in [5, 5.41) is 10.4. The van der Waals surface area contributed by atoms with Gasteiger partial charge in [0.05, 0.1) is 12.1 Å². The average molecular weight is 265 g/mol. The fourth-order valence-corrected chi connectivity index (χ4v) is 2.15. The molecular formula is C17H15NO2. The number of aliphatic hydroxyl groups excluding tert-OH is 1. The molecule has 3 aromatic rings. The predicted octanol–water partition coefficient (Wildman–Crippen LogP) is 3.31. The maximum absolute atomic E-state index is 9.27. The van der Waals surface area contributed by atoms with E-state index in [4.69, 9.17) is 4.74 Å². The van der Waals surface area contributed by atoms with Crippen molar-refractivity contribution in [3.63, 3.8) is 0 Å². The van der Waals surface area contributed by atoms with Crippen LogP contribution in [0.1, 0.15) is 11.1 Å². The number of fused-ring (bicyclic) bond motifs is 1. The summed E-state index contributed by atoms with van der Waals surface area (Å²) in [6, 6.07) is 17.6. The summed E-state index contributed by atoms with van der Waals surface area (Å²) in [4.78, 5) is 4.29. The molecule has 0 saturated heterocycles. The SMILES string of the molecule is OCc1ccccc1OCc1ccc2ncccc2c1. The van der Waals surface area contributed by atoms with Crippen LogP contribution in [0.3, 0.4) is 0 Å². The van der Waals surface area contributed by atoms with E-state index < -0.39 is 0 Å². The Bertz CT molecular complexity index is 725. The van der Waals surface area contributed by atoms with Gasteiger partial charge >= 0.3 is 0 Å². The molecule has 0 unspecified atom stereocenters. The van der Waals surface area contributed by atoms with Crippen LogP contribution in [0.2, 0.25) is 0 Å². The molecule has 0 atom stereocenters. The summed E-state index contributed by atoms with van der Waals surface area (Å²) < 4.78 is 5.78. The lowest BCUT2D eigenvalue weighted by Gasteiger charge is -2.10. The molecule has 1 N–H and O–H groups in total. The molecule has 1 heterocycles. The normalized spacial score (nSPS) is 10.7. The molecular weight excluding hydrogens is 250 g/mol. The van der Waals surface area contributed by atoms with Gasteiger partial charge in [-0.05, 0) is 29.8 Å². The molecule has 0 bridgehead atoms. The number of hydrogen-bond donors (Lipinski definition) is 1. The number of pyridine rings is 1. The molecule has 1 aromatic heterocycles. The minimum absolute atomic E-state index is 0.0161. The fourth-order valence-electron chi connectivity index (χ4n) is 2.15. The lowest BCUT2D eigenvalue weighted by molar-refractivity contribution is 0.259. The largest absolute Gasteiger partial charge is 0.489 e. The zero-order valence-electron chi connectivity index (χ0n) is 11.0. The van der Waals surface area contributed by atoms with Crippen LogP contribution in [0.15, 0.2) is 60.8 Å². The summed E-state index contributed by atoms with van der Waals surface area (Å²) >= 11 is 0. The predicted molar refractivity (Wildman–Crippen MR) is 78.4 cm³/mol. The molecule has 0 aliphatic heterocycles. The highest BCUT2D eigenvalue weighted by Crippen LogP contribution is 2.20. The molecule has 0 radical (unpaired) electrons. The average Bonchev–Trinajstić information content (AvgIpc) is 2.53. The monoisotopic (exact) mass is 265 g/mol. The second-order valence-corrected chi connectivity index (χ2v) is 4.58. The maximum atomic E-state index is 9.27. The minimum atomic E-state index is -0.0161. The second-order valence-electron chi connectivity index (χ2n) is 4.58. The van der Waals surface area contributed by atoms with E-state index in [2.05, 4.69) is 11.1 Å². The Hall–Kier alpha value is -2.39. The molecule has 100 valence electrons. The van der Waals surface area contributed by atoms with Crippen LogP contribution in [0, 0.1) is 0 Å². The first kappa shape index (κ1) is 12.6. The van der Waals surface area contributed by atoms with Gasteiger partial charge in [-0.15, -0.1) is 0 Å². The fraction of sp³-hybridized carbons (Fsp3) is 0.118. The minimum Gasteiger partial charge on any atom is -0.489 e. The topological polar surface area (TPSA) is 42.4 Å². The number of benzene rings is 2. The molecule has 3 nitrogen and oxygen atoms in total. The van der Waals surface area contributed by atoms with Crippen molar-refractivity contribution < 1.29 is 9.84 Å². The van der Waals surface area contributed by atoms with Crippen LogP contribution < -0.4 is 4.74 Å². The summed E-state index contributed by atoms with van der Waals surface area (Å²) in [5.74, 6) is 0.723. The Morgan fingerprint density at radius 2 is 1.90 bits per heavy atom. The number of hydrogen-bond acceptors (Lipinski definition) is 3. The van der Waals surface area contributed by atoms with Gasteiger partial charge < -0.3 is 9.84 Å². The zero-order chi connectivity index (χ0) is 13.8. The van der Waals surface area contributed by atoms with Gasteiger partial charge in [-0.1, -0.05) is 30.3 Å².